The minimum Gasteiger partial charge on any atom is -0.478 e. The van der Waals surface area contributed by atoms with Crippen LogP contribution in [0.4, 0.5) is 14.5 Å². The lowest BCUT2D eigenvalue weighted by atomic mass is 10.1. The quantitative estimate of drug-likeness (QED) is 0.910. The molecule has 2 aromatic rings. The highest BCUT2D eigenvalue weighted by Gasteiger charge is 2.15. The van der Waals surface area contributed by atoms with E-state index in [0.29, 0.717) is 6.07 Å². The summed E-state index contributed by atoms with van der Waals surface area (Å²) in [7, 11) is 0. The van der Waals surface area contributed by atoms with Crippen LogP contribution in [0.5, 0.6) is 0 Å². The summed E-state index contributed by atoms with van der Waals surface area (Å²) in [6.45, 7) is 0. The van der Waals surface area contributed by atoms with Gasteiger partial charge in [0.2, 0.25) is 0 Å². The zero-order valence-corrected chi connectivity index (χ0v) is 11.1. The van der Waals surface area contributed by atoms with Gasteiger partial charge in [-0.3, -0.25) is 4.79 Å². The first-order valence-electron chi connectivity index (χ1n) is 5.67. The van der Waals surface area contributed by atoms with E-state index in [1.807, 2.05) is 0 Å². The second-order valence-electron chi connectivity index (χ2n) is 4.08. The second kappa shape index (κ2) is 5.88. The van der Waals surface area contributed by atoms with E-state index in [-0.39, 0.29) is 21.8 Å². The number of benzene rings is 2. The molecule has 0 aromatic heterocycles. The molecule has 0 saturated carbocycles. The fourth-order valence-corrected chi connectivity index (χ4v) is 1.84. The number of hydrogen-bond donors (Lipinski definition) is 2. The van der Waals surface area contributed by atoms with E-state index < -0.39 is 23.5 Å². The molecule has 21 heavy (non-hydrogen) atoms. The molecule has 2 rings (SSSR count). The molecule has 0 spiro atoms. The van der Waals surface area contributed by atoms with Crippen molar-refractivity contribution in [1.82, 2.24) is 0 Å². The molecule has 7 heteroatoms. The van der Waals surface area contributed by atoms with Gasteiger partial charge in [0.05, 0.1) is 21.8 Å². The number of carbonyl (C=O) groups is 2. The van der Waals surface area contributed by atoms with E-state index in [1.165, 1.54) is 12.1 Å². The lowest BCUT2D eigenvalue weighted by molar-refractivity contribution is 0.0696. The van der Waals surface area contributed by atoms with Crippen LogP contribution < -0.4 is 5.32 Å². The fraction of sp³-hybridized carbons (Fsp3) is 0. The molecule has 0 unspecified atom stereocenters. The van der Waals surface area contributed by atoms with Crippen LogP contribution in [0.25, 0.3) is 0 Å². The Morgan fingerprint density at radius 3 is 2.38 bits per heavy atom. The normalized spacial score (nSPS) is 10.2. The van der Waals surface area contributed by atoms with Gasteiger partial charge in [-0.2, -0.15) is 0 Å². The molecule has 0 aliphatic carbocycles. The largest absolute Gasteiger partial charge is 0.478 e. The molecule has 0 saturated heterocycles. The Balaban J connectivity index is 2.25. The minimum atomic E-state index is -1.17. The van der Waals surface area contributed by atoms with E-state index in [0.717, 1.165) is 18.2 Å². The molecule has 2 aromatic carbocycles. The maximum Gasteiger partial charge on any atom is 0.335 e. The fourth-order valence-electron chi connectivity index (χ4n) is 1.61. The Labute approximate surface area is 123 Å². The van der Waals surface area contributed by atoms with Gasteiger partial charge in [0, 0.05) is 6.07 Å². The van der Waals surface area contributed by atoms with Gasteiger partial charge >= 0.3 is 5.97 Å². The van der Waals surface area contributed by atoms with Gasteiger partial charge in [0.25, 0.3) is 5.91 Å². The topological polar surface area (TPSA) is 66.4 Å². The molecule has 2 N–H and O–H groups in total. The van der Waals surface area contributed by atoms with Gasteiger partial charge in [0.1, 0.15) is 11.6 Å². The summed E-state index contributed by atoms with van der Waals surface area (Å²) in [5, 5.41) is 11.1. The summed E-state index contributed by atoms with van der Waals surface area (Å²) in [6.07, 6.45) is 0. The van der Waals surface area contributed by atoms with Crippen LogP contribution in [0.3, 0.4) is 0 Å². The third kappa shape index (κ3) is 3.35. The summed E-state index contributed by atoms with van der Waals surface area (Å²) in [5.74, 6) is -3.80. The summed E-state index contributed by atoms with van der Waals surface area (Å²) in [4.78, 5) is 22.6. The van der Waals surface area contributed by atoms with Crippen LogP contribution in [-0.4, -0.2) is 17.0 Å². The number of aromatic carboxylic acids is 1. The molecule has 108 valence electrons. The monoisotopic (exact) mass is 311 g/mol. The molecular formula is C14H8ClF2NO3. The van der Waals surface area contributed by atoms with Gasteiger partial charge in [-0.1, -0.05) is 11.6 Å². The molecule has 1 amide bonds. The van der Waals surface area contributed by atoms with Crippen molar-refractivity contribution >= 4 is 29.2 Å². The number of nitrogens with one attached hydrogen (secondary N) is 1. The Morgan fingerprint density at radius 1 is 1.10 bits per heavy atom. The number of carboxylic acids is 1. The maximum absolute atomic E-state index is 13.5. The SMILES string of the molecule is O=C(O)c1ccc(NC(=O)c2ccc(F)cc2F)c(Cl)c1. The number of carboxylic acid groups (broad SMARTS) is 1. The van der Waals surface area contributed by atoms with Crippen LogP contribution in [0, 0.1) is 11.6 Å². The van der Waals surface area contributed by atoms with Crippen molar-refractivity contribution in [2.24, 2.45) is 0 Å². The Kier molecular flexibility index (Phi) is 4.18. The van der Waals surface area contributed by atoms with Crippen molar-refractivity contribution in [3.05, 3.63) is 64.2 Å². The second-order valence-corrected chi connectivity index (χ2v) is 4.49. The minimum absolute atomic E-state index is 0.00855. The summed E-state index contributed by atoms with van der Waals surface area (Å²) < 4.78 is 26.2. The number of hydrogen-bond acceptors (Lipinski definition) is 2. The van der Waals surface area contributed by atoms with Crippen molar-refractivity contribution < 1.29 is 23.5 Å². The van der Waals surface area contributed by atoms with Gasteiger partial charge in [0.15, 0.2) is 0 Å². The number of anilines is 1. The Bertz CT molecular complexity index is 734. The predicted octanol–water partition coefficient (Wildman–Crippen LogP) is 3.57. The molecule has 0 bridgehead atoms. The molecular weight excluding hydrogens is 304 g/mol. The van der Waals surface area contributed by atoms with E-state index in [9.17, 15) is 18.4 Å². The van der Waals surface area contributed by atoms with Crippen LogP contribution in [-0.2, 0) is 0 Å². The lowest BCUT2D eigenvalue weighted by Crippen LogP contribution is -2.14. The Hall–Kier alpha value is -2.47. The maximum atomic E-state index is 13.5. The average molecular weight is 312 g/mol. The standard InChI is InChI=1S/C14H8ClF2NO3/c15-10-5-7(14(20)21)1-4-12(10)18-13(19)9-3-2-8(16)6-11(9)17/h1-6H,(H,18,19)(H,20,21). The van der Waals surface area contributed by atoms with Crippen molar-refractivity contribution in [2.75, 3.05) is 5.32 Å². The summed E-state index contributed by atoms with van der Waals surface area (Å²) in [5.41, 5.74) is -0.281. The van der Waals surface area contributed by atoms with Crippen molar-refractivity contribution in [1.29, 1.82) is 0 Å². The van der Waals surface area contributed by atoms with Crippen LogP contribution in [0.15, 0.2) is 36.4 Å². The molecule has 0 atom stereocenters. The van der Waals surface area contributed by atoms with Crippen molar-refractivity contribution in [3.63, 3.8) is 0 Å². The number of rotatable bonds is 3. The number of halogens is 3. The van der Waals surface area contributed by atoms with Crippen LogP contribution in [0.1, 0.15) is 20.7 Å². The highest BCUT2D eigenvalue weighted by molar-refractivity contribution is 6.34. The molecule has 0 aliphatic rings. The molecule has 0 radical (unpaired) electrons. The molecule has 4 nitrogen and oxygen atoms in total. The van der Waals surface area contributed by atoms with Gasteiger partial charge in [-0.25, -0.2) is 13.6 Å². The third-order valence-electron chi connectivity index (χ3n) is 2.64. The molecule has 0 aliphatic heterocycles. The van der Waals surface area contributed by atoms with Crippen LogP contribution >= 0.6 is 11.6 Å². The summed E-state index contributed by atoms with van der Waals surface area (Å²) in [6, 6.07) is 6.22. The van der Waals surface area contributed by atoms with Crippen LogP contribution in [0.2, 0.25) is 5.02 Å². The zero-order chi connectivity index (χ0) is 15.6. The first kappa shape index (κ1) is 14.9. The number of carbonyl (C=O) groups excluding carboxylic acids is 1. The van der Waals surface area contributed by atoms with Gasteiger partial charge < -0.3 is 10.4 Å². The first-order valence-corrected chi connectivity index (χ1v) is 6.05. The molecule has 0 fully saturated rings. The van der Waals surface area contributed by atoms with E-state index in [4.69, 9.17) is 16.7 Å². The number of amides is 1. The Morgan fingerprint density at radius 2 is 1.81 bits per heavy atom. The van der Waals surface area contributed by atoms with Crippen molar-refractivity contribution in [3.8, 4) is 0 Å². The van der Waals surface area contributed by atoms with E-state index in [2.05, 4.69) is 5.32 Å². The zero-order valence-electron chi connectivity index (χ0n) is 10.4. The first-order chi connectivity index (χ1) is 9.88. The highest BCUT2D eigenvalue weighted by atomic mass is 35.5. The lowest BCUT2D eigenvalue weighted by Gasteiger charge is -2.08. The molecule has 0 heterocycles. The smallest absolute Gasteiger partial charge is 0.335 e. The average Bonchev–Trinajstić information content (AvgIpc) is 2.40. The van der Waals surface area contributed by atoms with Gasteiger partial charge in [-0.15, -0.1) is 0 Å². The van der Waals surface area contributed by atoms with Crippen molar-refractivity contribution in [2.45, 2.75) is 0 Å². The van der Waals surface area contributed by atoms with E-state index >= 15 is 0 Å². The van der Waals surface area contributed by atoms with E-state index in [1.54, 1.807) is 0 Å². The van der Waals surface area contributed by atoms with Gasteiger partial charge in [-0.05, 0) is 30.3 Å². The highest BCUT2D eigenvalue weighted by Crippen LogP contribution is 2.24. The predicted molar refractivity (Wildman–Crippen MR) is 72.7 cm³/mol. The third-order valence-corrected chi connectivity index (χ3v) is 2.95. The summed E-state index contributed by atoms with van der Waals surface area (Å²) >= 11 is 5.84.